The lowest BCUT2D eigenvalue weighted by atomic mass is 10.2. The minimum absolute atomic E-state index is 0.237. The zero-order valence-corrected chi connectivity index (χ0v) is 15.2. The van der Waals surface area contributed by atoms with E-state index in [0.29, 0.717) is 22.6 Å². The summed E-state index contributed by atoms with van der Waals surface area (Å²) >= 11 is 1.11. The van der Waals surface area contributed by atoms with Crippen molar-refractivity contribution in [1.82, 2.24) is 33.4 Å². The second-order valence-corrected chi connectivity index (χ2v) is 6.36. The molecule has 27 heavy (non-hydrogen) atoms. The van der Waals surface area contributed by atoms with E-state index in [1.807, 2.05) is 6.07 Å². The molecule has 0 saturated heterocycles. The van der Waals surface area contributed by atoms with Gasteiger partial charge in [-0.25, -0.2) is 9.48 Å². The molecule has 0 atom stereocenters. The van der Waals surface area contributed by atoms with E-state index in [1.165, 1.54) is 9.25 Å². The number of rotatable bonds is 5. The zero-order chi connectivity index (χ0) is 18.8. The van der Waals surface area contributed by atoms with E-state index in [-0.39, 0.29) is 24.7 Å². The summed E-state index contributed by atoms with van der Waals surface area (Å²) in [5, 5.41) is 7.11. The third kappa shape index (κ3) is 3.34. The van der Waals surface area contributed by atoms with Gasteiger partial charge in [-0.2, -0.15) is 8.75 Å². The molecule has 0 aliphatic carbocycles. The molecule has 10 heteroatoms. The largest absolute Gasteiger partial charge is 0.350 e. The van der Waals surface area contributed by atoms with Crippen LogP contribution in [0.2, 0.25) is 0 Å². The van der Waals surface area contributed by atoms with Crippen LogP contribution < -0.4 is 11.0 Å². The fraction of sp³-hybridized carbons (Fsp3) is 0.176. The van der Waals surface area contributed by atoms with Gasteiger partial charge in [0.15, 0.2) is 5.82 Å². The third-order valence-corrected chi connectivity index (χ3v) is 4.62. The standard InChI is InChI=1S/C17H15N7O2S/c1-23-15(13-4-2-3-7-18-13)20-24(17(23)26)9-8-19-16(25)11-5-6-12-14(10-11)22-27-21-12/h2-7,10H,8-9H2,1H3,(H,19,25). The lowest BCUT2D eigenvalue weighted by Crippen LogP contribution is -2.31. The highest BCUT2D eigenvalue weighted by atomic mass is 32.1. The van der Waals surface area contributed by atoms with Crippen LogP contribution in [0.1, 0.15) is 10.4 Å². The summed E-state index contributed by atoms with van der Waals surface area (Å²) in [5.41, 5.74) is 2.30. The van der Waals surface area contributed by atoms with Gasteiger partial charge in [0.05, 0.1) is 18.3 Å². The number of hydrogen-bond acceptors (Lipinski definition) is 7. The summed E-state index contributed by atoms with van der Waals surface area (Å²) < 4.78 is 11.0. The fourth-order valence-corrected chi connectivity index (χ4v) is 3.17. The molecule has 0 aliphatic heterocycles. The van der Waals surface area contributed by atoms with Crippen LogP contribution in [0.4, 0.5) is 0 Å². The number of benzene rings is 1. The quantitative estimate of drug-likeness (QED) is 0.554. The molecule has 0 radical (unpaired) electrons. The van der Waals surface area contributed by atoms with Crippen molar-refractivity contribution in [2.45, 2.75) is 6.54 Å². The van der Waals surface area contributed by atoms with Crippen LogP contribution in [0.25, 0.3) is 22.6 Å². The minimum Gasteiger partial charge on any atom is -0.350 e. The second kappa shape index (κ2) is 7.08. The number of carbonyl (C=O) groups is 1. The number of nitrogens with zero attached hydrogens (tertiary/aromatic N) is 6. The van der Waals surface area contributed by atoms with Gasteiger partial charge in [0.1, 0.15) is 16.7 Å². The second-order valence-electron chi connectivity index (χ2n) is 5.83. The average Bonchev–Trinajstić information content (AvgIpc) is 3.28. The van der Waals surface area contributed by atoms with Crippen molar-refractivity contribution in [2.24, 2.45) is 7.05 Å². The molecule has 0 spiro atoms. The van der Waals surface area contributed by atoms with Crippen LogP contribution in [-0.4, -0.2) is 40.5 Å². The molecule has 136 valence electrons. The molecule has 1 amide bonds. The Kier molecular flexibility index (Phi) is 4.47. The van der Waals surface area contributed by atoms with Gasteiger partial charge in [-0.15, -0.1) is 5.10 Å². The molecular formula is C17H15N7O2S. The van der Waals surface area contributed by atoms with Gasteiger partial charge in [-0.1, -0.05) is 6.07 Å². The summed E-state index contributed by atoms with van der Waals surface area (Å²) in [7, 11) is 1.64. The molecule has 0 saturated carbocycles. The Labute approximate surface area is 157 Å². The molecule has 3 aromatic heterocycles. The topological polar surface area (TPSA) is 108 Å². The van der Waals surface area contributed by atoms with Crippen molar-refractivity contribution in [3.8, 4) is 11.5 Å². The number of carbonyl (C=O) groups excluding carboxylic acids is 1. The number of pyridine rings is 1. The van der Waals surface area contributed by atoms with E-state index in [9.17, 15) is 9.59 Å². The van der Waals surface area contributed by atoms with Crippen LogP contribution in [0.15, 0.2) is 47.4 Å². The third-order valence-electron chi connectivity index (χ3n) is 4.06. The normalized spacial score (nSPS) is 11.0. The summed E-state index contributed by atoms with van der Waals surface area (Å²) in [6.45, 7) is 0.524. The minimum atomic E-state index is -0.264. The summed E-state index contributed by atoms with van der Waals surface area (Å²) in [6.07, 6.45) is 1.65. The van der Waals surface area contributed by atoms with Gasteiger partial charge in [-0.05, 0) is 30.3 Å². The smallest absolute Gasteiger partial charge is 0.346 e. The first-order chi connectivity index (χ1) is 13.1. The van der Waals surface area contributed by atoms with E-state index < -0.39 is 0 Å². The maximum absolute atomic E-state index is 12.3. The van der Waals surface area contributed by atoms with Crippen molar-refractivity contribution >= 4 is 28.7 Å². The molecule has 0 unspecified atom stereocenters. The van der Waals surface area contributed by atoms with Crippen LogP contribution in [0, 0.1) is 0 Å². The Balaban J connectivity index is 1.44. The van der Waals surface area contributed by atoms with Crippen LogP contribution in [0.5, 0.6) is 0 Å². The number of amides is 1. The highest BCUT2D eigenvalue weighted by molar-refractivity contribution is 7.00. The summed E-state index contributed by atoms with van der Waals surface area (Å²) in [5.74, 6) is 0.243. The lowest BCUT2D eigenvalue weighted by Gasteiger charge is -2.04. The van der Waals surface area contributed by atoms with E-state index in [2.05, 4.69) is 24.1 Å². The molecule has 0 bridgehead atoms. The molecule has 1 aromatic carbocycles. The monoisotopic (exact) mass is 381 g/mol. The van der Waals surface area contributed by atoms with Crippen molar-refractivity contribution in [3.63, 3.8) is 0 Å². The molecule has 9 nitrogen and oxygen atoms in total. The van der Waals surface area contributed by atoms with Crippen molar-refractivity contribution in [2.75, 3.05) is 6.54 Å². The Hall–Kier alpha value is -3.40. The average molecular weight is 381 g/mol. The molecule has 4 rings (SSSR count). The van der Waals surface area contributed by atoms with Gasteiger partial charge >= 0.3 is 5.69 Å². The summed E-state index contributed by atoms with van der Waals surface area (Å²) in [6, 6.07) is 10.6. The van der Waals surface area contributed by atoms with Crippen molar-refractivity contribution in [1.29, 1.82) is 0 Å². The highest BCUT2D eigenvalue weighted by Crippen LogP contribution is 2.13. The summed E-state index contributed by atoms with van der Waals surface area (Å²) in [4.78, 5) is 28.9. The Bertz CT molecular complexity index is 1160. The zero-order valence-electron chi connectivity index (χ0n) is 14.4. The predicted molar refractivity (Wildman–Crippen MR) is 100 cm³/mol. The molecule has 0 aliphatic rings. The van der Waals surface area contributed by atoms with Crippen LogP contribution in [-0.2, 0) is 13.6 Å². The first-order valence-electron chi connectivity index (χ1n) is 8.19. The van der Waals surface area contributed by atoms with E-state index in [4.69, 9.17) is 0 Å². The van der Waals surface area contributed by atoms with Gasteiger partial charge in [0, 0.05) is 25.4 Å². The van der Waals surface area contributed by atoms with Gasteiger partial charge in [0.25, 0.3) is 5.91 Å². The molecular weight excluding hydrogens is 366 g/mol. The van der Waals surface area contributed by atoms with Crippen LogP contribution >= 0.6 is 11.7 Å². The fourth-order valence-electron chi connectivity index (χ4n) is 2.65. The van der Waals surface area contributed by atoms with Crippen molar-refractivity contribution < 1.29 is 4.79 Å². The van der Waals surface area contributed by atoms with Gasteiger partial charge in [-0.3, -0.25) is 14.3 Å². The van der Waals surface area contributed by atoms with Crippen molar-refractivity contribution in [3.05, 3.63) is 58.6 Å². The van der Waals surface area contributed by atoms with E-state index in [0.717, 1.165) is 17.2 Å². The Morgan fingerprint density at radius 3 is 2.85 bits per heavy atom. The molecule has 0 fully saturated rings. The Morgan fingerprint density at radius 2 is 2.04 bits per heavy atom. The maximum Gasteiger partial charge on any atom is 0.346 e. The molecule has 3 heterocycles. The highest BCUT2D eigenvalue weighted by Gasteiger charge is 2.13. The first-order valence-corrected chi connectivity index (χ1v) is 8.92. The van der Waals surface area contributed by atoms with E-state index in [1.54, 1.807) is 43.6 Å². The number of aromatic nitrogens is 6. The number of hydrogen-bond donors (Lipinski definition) is 1. The first kappa shape index (κ1) is 17.0. The van der Waals surface area contributed by atoms with Crippen LogP contribution in [0.3, 0.4) is 0 Å². The molecule has 1 N–H and O–H groups in total. The molecule has 4 aromatic rings. The van der Waals surface area contributed by atoms with Gasteiger partial charge in [0.2, 0.25) is 0 Å². The maximum atomic E-state index is 12.3. The number of fused-ring (bicyclic) bond motifs is 1. The SMILES string of the molecule is Cn1c(-c2ccccn2)nn(CCNC(=O)c2ccc3nsnc3c2)c1=O. The number of nitrogens with one attached hydrogen (secondary N) is 1. The van der Waals surface area contributed by atoms with Gasteiger partial charge < -0.3 is 5.32 Å². The predicted octanol–water partition coefficient (Wildman–Crippen LogP) is 1.08. The van der Waals surface area contributed by atoms with E-state index >= 15 is 0 Å². The Morgan fingerprint density at radius 1 is 1.19 bits per heavy atom. The lowest BCUT2D eigenvalue weighted by molar-refractivity contribution is 0.0952.